The second-order valence-electron chi connectivity index (χ2n) is 11.2. The van der Waals surface area contributed by atoms with E-state index in [0.717, 1.165) is 31.2 Å². The van der Waals surface area contributed by atoms with Gasteiger partial charge in [-0.15, -0.1) is 0 Å². The zero-order chi connectivity index (χ0) is 25.2. The van der Waals surface area contributed by atoms with E-state index in [-0.39, 0.29) is 23.4 Å². The zero-order valence-electron chi connectivity index (χ0n) is 21.0. The van der Waals surface area contributed by atoms with Gasteiger partial charge in [0.15, 0.2) is 0 Å². The molecule has 1 rings (SSSR count). The number of carboxylic acid groups (broad SMARTS) is 1. The Bertz CT molecular complexity index is 747. The molecule has 0 saturated heterocycles. The molecule has 4 N–H and O–H groups in total. The Kier molecular flexibility index (Phi) is 11.0. The zero-order valence-corrected chi connectivity index (χ0v) is 21.0. The van der Waals surface area contributed by atoms with Crippen molar-refractivity contribution in [2.75, 3.05) is 0 Å². The van der Waals surface area contributed by atoms with Gasteiger partial charge in [-0.05, 0) is 42.1 Å². The van der Waals surface area contributed by atoms with Gasteiger partial charge in [0.05, 0.1) is 12.5 Å². The summed E-state index contributed by atoms with van der Waals surface area (Å²) in [6.45, 7) is 12.9. The van der Waals surface area contributed by atoms with E-state index in [4.69, 9.17) is 15.6 Å². The van der Waals surface area contributed by atoms with Gasteiger partial charge in [0.2, 0.25) is 5.91 Å². The molecule has 0 aliphatic carbocycles. The van der Waals surface area contributed by atoms with Gasteiger partial charge in [-0.3, -0.25) is 9.59 Å². The minimum Gasteiger partial charge on any atom is -0.481 e. The molecule has 2 unspecified atom stereocenters. The second-order valence-corrected chi connectivity index (χ2v) is 11.2. The van der Waals surface area contributed by atoms with Gasteiger partial charge in [0.25, 0.3) is 0 Å². The van der Waals surface area contributed by atoms with Crippen molar-refractivity contribution in [3.8, 4) is 0 Å². The van der Waals surface area contributed by atoms with Crippen molar-refractivity contribution in [2.24, 2.45) is 16.6 Å². The molecule has 2 atom stereocenters. The Morgan fingerprint density at radius 1 is 0.970 bits per heavy atom. The van der Waals surface area contributed by atoms with Crippen LogP contribution in [0.4, 0.5) is 0 Å². The standard InChI is InChI=1S/C26H42N2O5/c1-25(2,3)14-12-19(13-15-26(4,5)6)33-24(32)21(16-18-10-8-7-9-11-18)28-23(31)20(27)17-22(29)30/h7-11,19-21H,12-17,27H2,1-6H3,(H,28,31)(H,29,30). The first kappa shape index (κ1) is 28.6. The van der Waals surface area contributed by atoms with Crippen LogP contribution in [0.3, 0.4) is 0 Å². The smallest absolute Gasteiger partial charge is 0.329 e. The fourth-order valence-corrected chi connectivity index (χ4v) is 3.30. The van der Waals surface area contributed by atoms with Crippen LogP contribution in [0.2, 0.25) is 0 Å². The third-order valence-electron chi connectivity index (χ3n) is 5.33. The molecule has 0 aliphatic heterocycles. The number of rotatable bonds is 12. The van der Waals surface area contributed by atoms with Crippen LogP contribution in [-0.4, -0.2) is 41.1 Å². The molecule has 0 saturated carbocycles. The summed E-state index contributed by atoms with van der Waals surface area (Å²) < 4.78 is 5.93. The maximum absolute atomic E-state index is 13.2. The molecule has 1 aromatic carbocycles. The van der Waals surface area contributed by atoms with Crippen LogP contribution < -0.4 is 11.1 Å². The summed E-state index contributed by atoms with van der Waals surface area (Å²) in [5, 5.41) is 11.5. The summed E-state index contributed by atoms with van der Waals surface area (Å²) in [4.78, 5) is 36.6. The number of nitrogens with two attached hydrogens (primary N) is 1. The van der Waals surface area contributed by atoms with Gasteiger partial charge in [0.1, 0.15) is 12.1 Å². The van der Waals surface area contributed by atoms with Crippen molar-refractivity contribution in [1.29, 1.82) is 0 Å². The van der Waals surface area contributed by atoms with E-state index < -0.39 is 36.4 Å². The van der Waals surface area contributed by atoms with Crippen molar-refractivity contribution in [3.05, 3.63) is 35.9 Å². The fraction of sp³-hybridized carbons (Fsp3) is 0.654. The SMILES string of the molecule is CC(C)(C)CCC(CCC(C)(C)C)OC(=O)C(Cc1ccccc1)NC(=O)C(N)CC(=O)O. The lowest BCUT2D eigenvalue weighted by Crippen LogP contribution is -2.51. The Labute approximate surface area is 198 Å². The Hall–Kier alpha value is -2.41. The van der Waals surface area contributed by atoms with Crippen molar-refractivity contribution >= 4 is 17.8 Å². The predicted molar refractivity (Wildman–Crippen MR) is 130 cm³/mol. The van der Waals surface area contributed by atoms with E-state index in [2.05, 4.69) is 46.9 Å². The molecule has 0 spiro atoms. The molecule has 1 aromatic rings. The number of carbonyl (C=O) groups excluding carboxylic acids is 2. The minimum atomic E-state index is -1.24. The number of ether oxygens (including phenoxy) is 1. The van der Waals surface area contributed by atoms with Crippen LogP contribution in [0.15, 0.2) is 30.3 Å². The lowest BCUT2D eigenvalue weighted by atomic mass is 9.85. The number of benzene rings is 1. The molecular formula is C26H42N2O5. The average molecular weight is 463 g/mol. The summed E-state index contributed by atoms with van der Waals surface area (Å²) in [6, 6.07) is 7.10. The van der Waals surface area contributed by atoms with Crippen LogP contribution in [0.25, 0.3) is 0 Å². The van der Waals surface area contributed by atoms with E-state index >= 15 is 0 Å². The highest BCUT2D eigenvalue weighted by atomic mass is 16.5. The molecule has 0 fully saturated rings. The van der Waals surface area contributed by atoms with Gasteiger partial charge in [-0.2, -0.15) is 0 Å². The van der Waals surface area contributed by atoms with E-state index in [0.29, 0.717) is 0 Å². The highest BCUT2D eigenvalue weighted by Gasteiger charge is 2.29. The highest BCUT2D eigenvalue weighted by Crippen LogP contribution is 2.28. The summed E-state index contributed by atoms with van der Waals surface area (Å²) in [6.07, 6.45) is 2.71. The number of carbonyl (C=O) groups is 3. The predicted octanol–water partition coefficient (Wildman–Crippen LogP) is 4.08. The van der Waals surface area contributed by atoms with Crippen molar-refractivity contribution in [1.82, 2.24) is 5.32 Å². The molecule has 0 bridgehead atoms. The Morgan fingerprint density at radius 2 is 1.48 bits per heavy atom. The molecular weight excluding hydrogens is 420 g/mol. The largest absolute Gasteiger partial charge is 0.481 e. The number of nitrogens with one attached hydrogen (secondary N) is 1. The number of esters is 1. The highest BCUT2D eigenvalue weighted by molar-refractivity contribution is 5.90. The molecule has 7 nitrogen and oxygen atoms in total. The quantitative estimate of drug-likeness (QED) is 0.403. The van der Waals surface area contributed by atoms with Gasteiger partial charge in [-0.1, -0.05) is 71.9 Å². The number of aliphatic carboxylic acids is 1. The first-order chi connectivity index (χ1) is 15.2. The summed E-state index contributed by atoms with van der Waals surface area (Å²) >= 11 is 0. The number of hydrogen-bond acceptors (Lipinski definition) is 5. The molecule has 0 aromatic heterocycles. The van der Waals surface area contributed by atoms with Gasteiger partial charge >= 0.3 is 11.9 Å². The lowest BCUT2D eigenvalue weighted by Gasteiger charge is -2.28. The summed E-state index contributed by atoms with van der Waals surface area (Å²) in [5.41, 5.74) is 6.77. The molecule has 1 amide bonds. The maximum atomic E-state index is 13.2. The van der Waals surface area contributed by atoms with E-state index in [1.54, 1.807) is 0 Å². The fourth-order valence-electron chi connectivity index (χ4n) is 3.30. The molecule has 0 heterocycles. The molecule has 0 aliphatic rings. The molecule has 33 heavy (non-hydrogen) atoms. The monoisotopic (exact) mass is 462 g/mol. The van der Waals surface area contributed by atoms with E-state index in [9.17, 15) is 14.4 Å². The Morgan fingerprint density at radius 3 is 1.94 bits per heavy atom. The molecule has 186 valence electrons. The van der Waals surface area contributed by atoms with Crippen LogP contribution in [0.5, 0.6) is 0 Å². The van der Waals surface area contributed by atoms with Crippen LogP contribution in [-0.2, 0) is 25.5 Å². The summed E-state index contributed by atoms with van der Waals surface area (Å²) in [7, 11) is 0. The second kappa shape index (κ2) is 12.7. The lowest BCUT2D eigenvalue weighted by molar-refractivity contribution is -0.154. The first-order valence-corrected chi connectivity index (χ1v) is 11.7. The maximum Gasteiger partial charge on any atom is 0.329 e. The van der Waals surface area contributed by atoms with E-state index in [1.165, 1.54) is 0 Å². The topological polar surface area (TPSA) is 119 Å². The van der Waals surface area contributed by atoms with Gasteiger partial charge in [-0.25, -0.2) is 4.79 Å². The number of hydrogen-bond donors (Lipinski definition) is 3. The number of amides is 1. The normalized spacial score (nSPS) is 13.9. The average Bonchev–Trinajstić information content (AvgIpc) is 2.68. The van der Waals surface area contributed by atoms with Gasteiger partial charge in [0, 0.05) is 6.42 Å². The van der Waals surface area contributed by atoms with Crippen molar-refractivity contribution < 1.29 is 24.2 Å². The Balaban J connectivity index is 2.99. The number of carboxylic acids is 1. The van der Waals surface area contributed by atoms with Crippen LogP contribution in [0.1, 0.15) is 79.2 Å². The molecule has 0 radical (unpaired) electrons. The van der Waals surface area contributed by atoms with Crippen molar-refractivity contribution in [2.45, 2.75) is 98.3 Å². The first-order valence-electron chi connectivity index (χ1n) is 11.7. The van der Waals surface area contributed by atoms with Crippen LogP contribution in [0, 0.1) is 10.8 Å². The third kappa shape index (κ3) is 13.0. The van der Waals surface area contributed by atoms with Crippen molar-refractivity contribution in [3.63, 3.8) is 0 Å². The minimum absolute atomic E-state index is 0.105. The van der Waals surface area contributed by atoms with Gasteiger partial charge < -0.3 is 20.9 Å². The molecule has 7 heteroatoms. The third-order valence-corrected chi connectivity index (χ3v) is 5.33. The summed E-state index contributed by atoms with van der Waals surface area (Å²) in [5.74, 6) is -2.39. The van der Waals surface area contributed by atoms with Crippen LogP contribution >= 0.6 is 0 Å². The van der Waals surface area contributed by atoms with E-state index in [1.807, 2.05) is 30.3 Å².